The van der Waals surface area contributed by atoms with E-state index < -0.39 is 6.09 Å². The first kappa shape index (κ1) is 8.07. The van der Waals surface area contributed by atoms with Crippen LogP contribution in [0.25, 0.3) is 0 Å². The number of amides is 1. The van der Waals surface area contributed by atoms with Crippen LogP contribution in [0.15, 0.2) is 12.2 Å². The average molecular weight is 156 g/mol. The molecule has 0 aliphatic heterocycles. The van der Waals surface area contributed by atoms with Gasteiger partial charge in [0.2, 0.25) is 0 Å². The van der Waals surface area contributed by atoms with Crippen molar-refractivity contribution in [3.05, 3.63) is 12.2 Å². The molecule has 62 valence electrons. The third-order valence-electron chi connectivity index (χ3n) is 1.79. The minimum absolute atomic E-state index is 0.0731. The third-order valence-corrected chi connectivity index (χ3v) is 1.79. The fourth-order valence-corrected chi connectivity index (χ4v) is 1.16. The highest BCUT2D eigenvalue weighted by Crippen LogP contribution is 2.09. The third kappa shape index (κ3) is 2.23. The van der Waals surface area contributed by atoms with E-state index in [1.807, 2.05) is 12.2 Å². The van der Waals surface area contributed by atoms with Gasteiger partial charge in [-0.15, -0.1) is 0 Å². The molecule has 4 N–H and O–H groups in total. The second-order valence-corrected chi connectivity index (χ2v) is 2.66. The molecule has 0 unspecified atom stereocenters. The standard InChI is InChI=1S/C7H12N2O2/c8-5-3-1-2-4-6(5)9-7(10)11/h1-2,5-6,9H,3-4,8H2,(H,10,11)/t5-,6-/m0/s1. The molecule has 1 amide bonds. The van der Waals surface area contributed by atoms with Gasteiger partial charge in [0.15, 0.2) is 0 Å². The molecule has 0 saturated heterocycles. The molecule has 0 radical (unpaired) electrons. The first-order valence-electron chi connectivity index (χ1n) is 3.60. The van der Waals surface area contributed by atoms with Crippen molar-refractivity contribution in [1.82, 2.24) is 5.32 Å². The van der Waals surface area contributed by atoms with Gasteiger partial charge in [-0.1, -0.05) is 12.2 Å². The number of carboxylic acid groups (broad SMARTS) is 1. The maximum Gasteiger partial charge on any atom is 0.404 e. The molecule has 0 aromatic rings. The number of hydrogen-bond donors (Lipinski definition) is 3. The highest BCUT2D eigenvalue weighted by Gasteiger charge is 2.19. The molecule has 0 fully saturated rings. The lowest BCUT2D eigenvalue weighted by atomic mass is 9.97. The Hall–Kier alpha value is -1.03. The molecule has 0 bridgehead atoms. The largest absolute Gasteiger partial charge is 0.465 e. The Morgan fingerprint density at radius 1 is 1.55 bits per heavy atom. The molecule has 0 aromatic carbocycles. The predicted molar refractivity (Wildman–Crippen MR) is 41.3 cm³/mol. The summed E-state index contributed by atoms with van der Waals surface area (Å²) >= 11 is 0. The van der Waals surface area contributed by atoms with E-state index in [1.54, 1.807) is 0 Å². The van der Waals surface area contributed by atoms with Gasteiger partial charge in [-0.2, -0.15) is 0 Å². The van der Waals surface area contributed by atoms with E-state index in [9.17, 15) is 4.79 Å². The molecule has 1 aliphatic carbocycles. The van der Waals surface area contributed by atoms with Crippen molar-refractivity contribution in [1.29, 1.82) is 0 Å². The van der Waals surface area contributed by atoms with E-state index >= 15 is 0 Å². The maximum atomic E-state index is 10.2. The zero-order valence-corrected chi connectivity index (χ0v) is 6.16. The van der Waals surface area contributed by atoms with Crippen LogP contribution >= 0.6 is 0 Å². The Morgan fingerprint density at radius 3 is 2.73 bits per heavy atom. The monoisotopic (exact) mass is 156 g/mol. The predicted octanol–water partition coefficient (Wildman–Crippen LogP) is 0.300. The van der Waals surface area contributed by atoms with Crippen LogP contribution in [0.3, 0.4) is 0 Å². The van der Waals surface area contributed by atoms with Crippen molar-refractivity contribution in [2.45, 2.75) is 24.9 Å². The van der Waals surface area contributed by atoms with E-state index in [4.69, 9.17) is 10.8 Å². The molecule has 11 heavy (non-hydrogen) atoms. The van der Waals surface area contributed by atoms with Crippen molar-refractivity contribution < 1.29 is 9.90 Å². The van der Waals surface area contributed by atoms with Crippen molar-refractivity contribution in [3.8, 4) is 0 Å². The summed E-state index contributed by atoms with van der Waals surface area (Å²) in [4.78, 5) is 10.2. The molecule has 0 heterocycles. The Labute approximate surface area is 65.1 Å². The summed E-state index contributed by atoms with van der Waals surface area (Å²) in [6, 6.07) is -0.186. The van der Waals surface area contributed by atoms with Gasteiger partial charge in [-0.05, 0) is 12.8 Å². The number of hydrogen-bond acceptors (Lipinski definition) is 2. The van der Waals surface area contributed by atoms with Gasteiger partial charge in [-0.3, -0.25) is 0 Å². The molecule has 2 atom stereocenters. The summed E-state index contributed by atoms with van der Waals surface area (Å²) in [7, 11) is 0. The fraction of sp³-hybridized carbons (Fsp3) is 0.571. The molecular formula is C7H12N2O2. The van der Waals surface area contributed by atoms with Crippen LogP contribution in [0.2, 0.25) is 0 Å². The summed E-state index contributed by atoms with van der Waals surface area (Å²) < 4.78 is 0. The highest BCUT2D eigenvalue weighted by atomic mass is 16.4. The quantitative estimate of drug-likeness (QED) is 0.478. The Balaban J connectivity index is 2.44. The summed E-state index contributed by atoms with van der Waals surface area (Å²) in [6.45, 7) is 0. The van der Waals surface area contributed by atoms with Gasteiger partial charge in [-0.25, -0.2) is 4.79 Å². The molecule has 4 nitrogen and oxygen atoms in total. The first-order valence-corrected chi connectivity index (χ1v) is 3.60. The molecule has 0 saturated carbocycles. The fourth-order valence-electron chi connectivity index (χ4n) is 1.16. The second-order valence-electron chi connectivity index (χ2n) is 2.66. The number of rotatable bonds is 1. The molecule has 1 aliphatic rings. The lowest BCUT2D eigenvalue weighted by Crippen LogP contribution is -2.47. The topological polar surface area (TPSA) is 75.3 Å². The van der Waals surface area contributed by atoms with E-state index in [-0.39, 0.29) is 12.1 Å². The summed E-state index contributed by atoms with van der Waals surface area (Å²) in [6.07, 6.45) is 4.38. The SMILES string of the molecule is N[C@H]1CC=CC[C@@H]1NC(=O)O. The van der Waals surface area contributed by atoms with E-state index in [2.05, 4.69) is 5.32 Å². The highest BCUT2D eigenvalue weighted by molar-refractivity contribution is 5.65. The van der Waals surface area contributed by atoms with Crippen LogP contribution in [0.1, 0.15) is 12.8 Å². The number of nitrogens with one attached hydrogen (secondary N) is 1. The Kier molecular flexibility index (Phi) is 2.48. The maximum absolute atomic E-state index is 10.2. The summed E-state index contributed by atoms with van der Waals surface area (Å²) in [5.41, 5.74) is 5.65. The smallest absolute Gasteiger partial charge is 0.404 e. The van der Waals surface area contributed by atoms with Crippen LogP contribution in [0, 0.1) is 0 Å². The van der Waals surface area contributed by atoms with E-state index in [1.165, 1.54) is 0 Å². The second kappa shape index (κ2) is 3.39. The van der Waals surface area contributed by atoms with Gasteiger partial charge in [0.25, 0.3) is 0 Å². The molecule has 0 spiro atoms. The molecule has 0 aromatic heterocycles. The van der Waals surface area contributed by atoms with Crippen LogP contribution in [0.5, 0.6) is 0 Å². The average Bonchev–Trinajstić information content (AvgIpc) is 1.93. The number of carbonyl (C=O) groups is 1. The normalized spacial score (nSPS) is 29.9. The molecular weight excluding hydrogens is 144 g/mol. The Morgan fingerprint density at radius 2 is 2.18 bits per heavy atom. The van der Waals surface area contributed by atoms with Crippen molar-refractivity contribution in [3.63, 3.8) is 0 Å². The van der Waals surface area contributed by atoms with Crippen LogP contribution in [-0.4, -0.2) is 23.3 Å². The minimum Gasteiger partial charge on any atom is -0.465 e. The lowest BCUT2D eigenvalue weighted by Gasteiger charge is -2.24. The van der Waals surface area contributed by atoms with Crippen LogP contribution in [-0.2, 0) is 0 Å². The van der Waals surface area contributed by atoms with Crippen LogP contribution in [0.4, 0.5) is 4.79 Å². The van der Waals surface area contributed by atoms with Gasteiger partial charge < -0.3 is 16.2 Å². The zero-order valence-electron chi connectivity index (χ0n) is 6.16. The van der Waals surface area contributed by atoms with Crippen LogP contribution < -0.4 is 11.1 Å². The van der Waals surface area contributed by atoms with Crippen molar-refractivity contribution in [2.75, 3.05) is 0 Å². The van der Waals surface area contributed by atoms with E-state index in [0.29, 0.717) is 6.42 Å². The van der Waals surface area contributed by atoms with Crippen molar-refractivity contribution >= 4 is 6.09 Å². The van der Waals surface area contributed by atoms with Crippen molar-refractivity contribution in [2.24, 2.45) is 5.73 Å². The summed E-state index contributed by atoms with van der Waals surface area (Å²) in [5.74, 6) is 0. The Bertz CT molecular complexity index is 179. The summed E-state index contributed by atoms with van der Waals surface area (Å²) in [5, 5.41) is 10.8. The zero-order chi connectivity index (χ0) is 8.27. The van der Waals surface area contributed by atoms with Gasteiger partial charge in [0.05, 0.1) is 6.04 Å². The number of nitrogens with two attached hydrogens (primary N) is 1. The van der Waals surface area contributed by atoms with E-state index in [0.717, 1.165) is 6.42 Å². The van der Waals surface area contributed by atoms with Gasteiger partial charge in [0.1, 0.15) is 0 Å². The van der Waals surface area contributed by atoms with Gasteiger partial charge in [0, 0.05) is 6.04 Å². The lowest BCUT2D eigenvalue weighted by molar-refractivity contribution is 0.187. The van der Waals surface area contributed by atoms with Gasteiger partial charge >= 0.3 is 6.09 Å². The first-order chi connectivity index (χ1) is 5.20. The molecule has 4 heteroatoms. The minimum atomic E-state index is -0.999. The molecule has 1 rings (SSSR count).